The van der Waals surface area contributed by atoms with Gasteiger partial charge in [-0.25, -0.2) is 4.98 Å². The highest BCUT2D eigenvalue weighted by Crippen LogP contribution is 2.29. The van der Waals surface area contributed by atoms with Crippen LogP contribution in [0, 0.1) is 0 Å². The molecule has 0 unspecified atom stereocenters. The molecule has 1 N–H and O–H groups in total. The van der Waals surface area contributed by atoms with Crippen LogP contribution in [0.15, 0.2) is 58.1 Å². The summed E-state index contributed by atoms with van der Waals surface area (Å²) in [5.41, 5.74) is -0.817. The summed E-state index contributed by atoms with van der Waals surface area (Å²) in [7, 11) is 0. The van der Waals surface area contributed by atoms with Crippen molar-refractivity contribution in [1.29, 1.82) is 0 Å². The van der Waals surface area contributed by atoms with Gasteiger partial charge in [0, 0.05) is 32.4 Å². The van der Waals surface area contributed by atoms with Gasteiger partial charge in [-0.3, -0.25) is 9.59 Å². The number of alkyl halides is 3. The van der Waals surface area contributed by atoms with Gasteiger partial charge in [0.25, 0.3) is 11.5 Å². The molecule has 1 aliphatic rings. The Morgan fingerprint density at radius 2 is 1.90 bits per heavy atom. The maximum atomic E-state index is 12.9. The smallest absolute Gasteiger partial charge is 0.417 e. The number of furan rings is 1. The van der Waals surface area contributed by atoms with Crippen LogP contribution in [-0.4, -0.2) is 47.0 Å². The van der Waals surface area contributed by atoms with Gasteiger partial charge in [0.1, 0.15) is 17.1 Å². The second kappa shape index (κ2) is 8.29. The number of nitrogens with zero attached hydrogens (tertiary/aromatic N) is 3. The fraction of sp³-hybridized carbons (Fsp3) is 0.286. The first kappa shape index (κ1) is 20.7. The zero-order valence-electron chi connectivity index (χ0n) is 16.4. The first-order valence-electron chi connectivity index (χ1n) is 9.67. The number of nitrogens with one attached hydrogen (secondary N) is 1. The van der Waals surface area contributed by atoms with Crippen LogP contribution in [0.5, 0.6) is 0 Å². The van der Waals surface area contributed by atoms with Crippen molar-refractivity contribution in [2.45, 2.75) is 12.6 Å². The molecule has 4 heterocycles. The number of carbonyl (C=O) groups is 1. The molecule has 7 nitrogen and oxygen atoms in total. The van der Waals surface area contributed by atoms with E-state index in [2.05, 4.69) is 9.97 Å². The first-order chi connectivity index (χ1) is 14.8. The number of pyridine rings is 2. The molecule has 162 valence electrons. The Balaban J connectivity index is 1.45. The summed E-state index contributed by atoms with van der Waals surface area (Å²) >= 11 is 0. The number of rotatable bonds is 3. The van der Waals surface area contributed by atoms with Crippen LogP contribution in [0.25, 0.3) is 11.5 Å². The van der Waals surface area contributed by atoms with Crippen LogP contribution < -0.4 is 10.5 Å². The molecule has 0 aliphatic carbocycles. The normalized spacial score (nSPS) is 15.1. The molecule has 31 heavy (non-hydrogen) atoms. The van der Waals surface area contributed by atoms with Crippen LogP contribution in [0.1, 0.15) is 22.3 Å². The molecular formula is C21H19F3N4O3. The van der Waals surface area contributed by atoms with Crippen LogP contribution in [0.2, 0.25) is 0 Å². The lowest BCUT2D eigenvalue weighted by molar-refractivity contribution is -0.137. The third-order valence-corrected chi connectivity index (χ3v) is 5.11. The highest BCUT2D eigenvalue weighted by molar-refractivity contribution is 5.94. The molecule has 10 heteroatoms. The summed E-state index contributed by atoms with van der Waals surface area (Å²) in [4.78, 5) is 35.3. The fourth-order valence-corrected chi connectivity index (χ4v) is 3.48. The monoisotopic (exact) mass is 432 g/mol. The minimum Gasteiger partial charge on any atom is -0.463 e. The van der Waals surface area contributed by atoms with Crippen molar-refractivity contribution in [3.8, 4) is 11.5 Å². The number of hydrogen-bond acceptors (Lipinski definition) is 5. The predicted molar refractivity (Wildman–Crippen MR) is 107 cm³/mol. The molecule has 0 spiro atoms. The number of aromatic nitrogens is 2. The fourth-order valence-electron chi connectivity index (χ4n) is 3.48. The average Bonchev–Trinajstić information content (AvgIpc) is 3.17. The van der Waals surface area contributed by atoms with E-state index in [4.69, 9.17) is 4.42 Å². The summed E-state index contributed by atoms with van der Waals surface area (Å²) in [5, 5.41) is 0. The van der Waals surface area contributed by atoms with Gasteiger partial charge in [-0.15, -0.1) is 0 Å². The zero-order valence-corrected chi connectivity index (χ0v) is 16.4. The highest BCUT2D eigenvalue weighted by Gasteiger charge is 2.31. The maximum Gasteiger partial charge on any atom is 0.417 e. The Kier molecular flexibility index (Phi) is 5.53. The summed E-state index contributed by atoms with van der Waals surface area (Å²) < 4.78 is 43.5. The number of carbonyl (C=O) groups excluding carboxylic acids is 1. The molecule has 1 saturated heterocycles. The minimum absolute atomic E-state index is 0.0245. The van der Waals surface area contributed by atoms with Crippen LogP contribution in [0.4, 0.5) is 19.0 Å². The largest absolute Gasteiger partial charge is 0.463 e. The molecule has 4 rings (SSSR count). The van der Waals surface area contributed by atoms with Gasteiger partial charge in [-0.05, 0) is 42.8 Å². The molecule has 0 bridgehead atoms. The molecule has 1 aliphatic heterocycles. The first-order valence-corrected chi connectivity index (χ1v) is 9.67. The molecule has 3 aromatic heterocycles. The standard InChI is InChI=1S/C21H19F3N4O3/c22-21(23,24)14-4-7-18(25-13-14)27-8-2-9-28(11-10-27)20(30)15-5-6-16(26-19(15)29)17-3-1-12-31-17/h1,3-7,12-13H,2,8-11H2,(H,26,29). The Labute approximate surface area is 175 Å². The van der Waals surface area contributed by atoms with Crippen molar-refractivity contribution < 1.29 is 22.4 Å². The van der Waals surface area contributed by atoms with Crippen molar-refractivity contribution in [2.75, 3.05) is 31.1 Å². The number of hydrogen-bond donors (Lipinski definition) is 1. The molecule has 0 saturated carbocycles. The minimum atomic E-state index is -4.44. The predicted octanol–water partition coefficient (Wildman–Crippen LogP) is 3.40. The van der Waals surface area contributed by atoms with Crippen LogP contribution in [0.3, 0.4) is 0 Å². The van der Waals surface area contributed by atoms with Crippen molar-refractivity contribution in [3.05, 3.63) is 70.3 Å². The summed E-state index contributed by atoms with van der Waals surface area (Å²) in [6.07, 6.45) is -1.55. The quantitative estimate of drug-likeness (QED) is 0.686. The molecule has 1 amide bonds. The van der Waals surface area contributed by atoms with Crippen LogP contribution >= 0.6 is 0 Å². The summed E-state index contributed by atoms with van der Waals surface area (Å²) in [5.74, 6) is 0.517. The Morgan fingerprint density at radius 1 is 1.06 bits per heavy atom. The van der Waals surface area contributed by atoms with Crippen molar-refractivity contribution in [1.82, 2.24) is 14.9 Å². The Morgan fingerprint density at radius 3 is 2.55 bits per heavy atom. The van der Waals surface area contributed by atoms with E-state index >= 15 is 0 Å². The highest BCUT2D eigenvalue weighted by atomic mass is 19.4. The number of H-pyrrole nitrogens is 1. The zero-order chi connectivity index (χ0) is 22.0. The third-order valence-electron chi connectivity index (χ3n) is 5.11. The van der Waals surface area contributed by atoms with E-state index in [0.29, 0.717) is 49.9 Å². The molecular weight excluding hydrogens is 413 g/mol. The van der Waals surface area contributed by atoms with E-state index in [0.717, 1.165) is 12.3 Å². The summed E-state index contributed by atoms with van der Waals surface area (Å²) in [6, 6.07) is 8.81. The van der Waals surface area contributed by atoms with Crippen molar-refractivity contribution >= 4 is 11.7 Å². The SMILES string of the molecule is O=C(c1ccc(-c2ccco2)[nH]c1=O)N1CCCN(c2ccc(C(F)(F)F)cn2)CC1. The second-order valence-corrected chi connectivity index (χ2v) is 7.13. The molecule has 3 aromatic rings. The van der Waals surface area contributed by atoms with E-state index in [1.807, 2.05) is 4.90 Å². The van der Waals surface area contributed by atoms with Crippen molar-refractivity contribution in [2.24, 2.45) is 0 Å². The lowest BCUT2D eigenvalue weighted by atomic mass is 10.2. The Bertz CT molecular complexity index is 1110. The lowest BCUT2D eigenvalue weighted by Crippen LogP contribution is -2.37. The van der Waals surface area contributed by atoms with E-state index < -0.39 is 23.2 Å². The summed E-state index contributed by atoms with van der Waals surface area (Å²) in [6.45, 7) is 1.68. The molecule has 1 fully saturated rings. The van der Waals surface area contributed by atoms with E-state index in [9.17, 15) is 22.8 Å². The molecule has 0 radical (unpaired) electrons. The maximum absolute atomic E-state index is 12.9. The van der Waals surface area contributed by atoms with Crippen molar-refractivity contribution in [3.63, 3.8) is 0 Å². The third kappa shape index (κ3) is 4.47. The van der Waals surface area contributed by atoms with Gasteiger partial charge in [-0.1, -0.05) is 0 Å². The number of amides is 1. The topological polar surface area (TPSA) is 82.4 Å². The van der Waals surface area contributed by atoms with E-state index in [1.165, 1.54) is 18.4 Å². The molecule has 0 aromatic carbocycles. The number of aromatic amines is 1. The molecule has 0 atom stereocenters. The lowest BCUT2D eigenvalue weighted by Gasteiger charge is -2.23. The van der Waals surface area contributed by atoms with Gasteiger partial charge in [0.05, 0.1) is 17.5 Å². The van der Waals surface area contributed by atoms with Gasteiger partial charge in [0.2, 0.25) is 0 Å². The van der Waals surface area contributed by atoms with Gasteiger partial charge in [-0.2, -0.15) is 13.2 Å². The number of halogens is 3. The van der Waals surface area contributed by atoms with Gasteiger partial charge in [0.15, 0.2) is 0 Å². The second-order valence-electron chi connectivity index (χ2n) is 7.13. The number of anilines is 1. The Hall–Kier alpha value is -3.56. The van der Waals surface area contributed by atoms with E-state index in [1.54, 1.807) is 23.1 Å². The van der Waals surface area contributed by atoms with Gasteiger partial charge < -0.3 is 19.2 Å². The van der Waals surface area contributed by atoms with Crippen LogP contribution in [-0.2, 0) is 6.18 Å². The van der Waals surface area contributed by atoms with Gasteiger partial charge >= 0.3 is 6.18 Å². The van der Waals surface area contributed by atoms with E-state index in [-0.39, 0.29) is 5.56 Å². The average molecular weight is 432 g/mol.